The fraction of sp³-hybridized carbons (Fsp3) is 0.529. The van der Waals surface area contributed by atoms with Gasteiger partial charge in [0.05, 0.1) is 11.8 Å². The molecule has 0 bridgehead atoms. The molecule has 0 radical (unpaired) electrons. The van der Waals surface area contributed by atoms with Gasteiger partial charge in [0.25, 0.3) is 0 Å². The first kappa shape index (κ1) is 14.1. The number of amides is 1. The maximum Gasteiger partial charge on any atom is 0.307 e. The van der Waals surface area contributed by atoms with E-state index in [9.17, 15) is 14.7 Å². The van der Waals surface area contributed by atoms with Crippen LogP contribution < -0.4 is 0 Å². The summed E-state index contributed by atoms with van der Waals surface area (Å²) in [5.74, 6) is -1.60. The SMILES string of the molecule is O=C(O)C1CCCC1C(=O)N1CCCc2ccccc2C1. The number of hydrogen-bond donors (Lipinski definition) is 1. The Bertz CT molecular complexity index is 555. The third-order valence-electron chi connectivity index (χ3n) is 4.82. The number of carboxylic acid groups (broad SMARTS) is 1. The minimum Gasteiger partial charge on any atom is -0.481 e. The zero-order chi connectivity index (χ0) is 14.8. The number of nitrogens with zero attached hydrogens (tertiary/aromatic N) is 1. The molecule has 1 aliphatic heterocycles. The highest BCUT2D eigenvalue weighted by Crippen LogP contribution is 2.34. The van der Waals surface area contributed by atoms with Crippen LogP contribution in [0.1, 0.15) is 36.8 Å². The van der Waals surface area contributed by atoms with Gasteiger partial charge in [0.15, 0.2) is 0 Å². The lowest BCUT2D eigenvalue weighted by Gasteiger charge is -2.26. The predicted octanol–water partition coefficient (Wildman–Crippen LogP) is 2.46. The number of aryl methyl sites for hydroxylation is 1. The average molecular weight is 287 g/mol. The van der Waals surface area contributed by atoms with E-state index in [-0.39, 0.29) is 11.8 Å². The van der Waals surface area contributed by atoms with Crippen LogP contribution in [-0.2, 0) is 22.6 Å². The van der Waals surface area contributed by atoms with Crippen LogP contribution in [0.5, 0.6) is 0 Å². The molecule has 4 nitrogen and oxygen atoms in total. The van der Waals surface area contributed by atoms with Gasteiger partial charge < -0.3 is 10.0 Å². The van der Waals surface area contributed by atoms with Crippen molar-refractivity contribution in [3.8, 4) is 0 Å². The molecule has 1 aromatic rings. The minimum atomic E-state index is -0.818. The summed E-state index contributed by atoms with van der Waals surface area (Å²) in [4.78, 5) is 25.9. The van der Waals surface area contributed by atoms with Crippen LogP contribution in [0.15, 0.2) is 24.3 Å². The van der Waals surface area contributed by atoms with Crippen molar-refractivity contribution in [1.82, 2.24) is 4.90 Å². The Labute approximate surface area is 124 Å². The molecule has 3 rings (SSSR count). The Kier molecular flexibility index (Phi) is 3.95. The Hall–Kier alpha value is -1.84. The number of benzene rings is 1. The molecule has 4 heteroatoms. The van der Waals surface area contributed by atoms with Gasteiger partial charge in [-0.2, -0.15) is 0 Å². The fourth-order valence-corrected chi connectivity index (χ4v) is 3.67. The molecular formula is C17H21NO3. The smallest absolute Gasteiger partial charge is 0.307 e. The second-order valence-corrected chi connectivity index (χ2v) is 6.11. The lowest BCUT2D eigenvalue weighted by Crippen LogP contribution is -2.39. The largest absolute Gasteiger partial charge is 0.481 e. The first-order valence-corrected chi connectivity index (χ1v) is 7.75. The van der Waals surface area contributed by atoms with E-state index in [1.807, 2.05) is 17.0 Å². The van der Waals surface area contributed by atoms with E-state index in [0.29, 0.717) is 19.4 Å². The summed E-state index contributed by atoms with van der Waals surface area (Å²) in [5.41, 5.74) is 2.52. The number of carbonyl (C=O) groups excluding carboxylic acids is 1. The number of fused-ring (bicyclic) bond motifs is 1. The number of carboxylic acids is 1. The second-order valence-electron chi connectivity index (χ2n) is 6.11. The molecule has 21 heavy (non-hydrogen) atoms. The van der Waals surface area contributed by atoms with E-state index in [0.717, 1.165) is 25.8 Å². The van der Waals surface area contributed by atoms with Crippen LogP contribution in [0, 0.1) is 11.8 Å². The van der Waals surface area contributed by atoms with Crippen molar-refractivity contribution >= 4 is 11.9 Å². The Morgan fingerprint density at radius 2 is 1.76 bits per heavy atom. The normalized spacial score (nSPS) is 25.2. The van der Waals surface area contributed by atoms with Crippen LogP contribution in [0.3, 0.4) is 0 Å². The molecular weight excluding hydrogens is 266 g/mol. The maximum absolute atomic E-state index is 12.7. The quantitative estimate of drug-likeness (QED) is 0.909. The van der Waals surface area contributed by atoms with Gasteiger partial charge in [-0.15, -0.1) is 0 Å². The monoisotopic (exact) mass is 287 g/mol. The van der Waals surface area contributed by atoms with Crippen LogP contribution in [-0.4, -0.2) is 28.4 Å². The molecule has 1 saturated carbocycles. The van der Waals surface area contributed by atoms with E-state index < -0.39 is 11.9 Å². The van der Waals surface area contributed by atoms with Gasteiger partial charge in [-0.25, -0.2) is 0 Å². The van der Waals surface area contributed by atoms with Gasteiger partial charge in [0.1, 0.15) is 0 Å². The third-order valence-corrected chi connectivity index (χ3v) is 4.82. The zero-order valence-corrected chi connectivity index (χ0v) is 12.1. The molecule has 1 aromatic carbocycles. The first-order valence-electron chi connectivity index (χ1n) is 7.75. The molecule has 112 valence electrons. The summed E-state index contributed by atoms with van der Waals surface area (Å²) in [6.45, 7) is 1.36. The Balaban J connectivity index is 1.77. The highest BCUT2D eigenvalue weighted by Gasteiger charge is 2.39. The molecule has 1 aliphatic carbocycles. The summed E-state index contributed by atoms with van der Waals surface area (Å²) in [5, 5.41) is 9.27. The van der Waals surface area contributed by atoms with Crippen molar-refractivity contribution in [2.24, 2.45) is 11.8 Å². The van der Waals surface area contributed by atoms with Gasteiger partial charge in [0.2, 0.25) is 5.91 Å². The number of carbonyl (C=O) groups is 2. The summed E-state index contributed by atoms with van der Waals surface area (Å²) in [6.07, 6.45) is 4.14. The predicted molar refractivity (Wildman–Crippen MR) is 78.6 cm³/mol. The van der Waals surface area contributed by atoms with Gasteiger partial charge in [-0.1, -0.05) is 30.7 Å². The van der Waals surface area contributed by atoms with E-state index in [1.54, 1.807) is 0 Å². The Morgan fingerprint density at radius 3 is 2.52 bits per heavy atom. The molecule has 1 amide bonds. The van der Waals surface area contributed by atoms with Crippen molar-refractivity contribution < 1.29 is 14.7 Å². The second kappa shape index (κ2) is 5.88. The third kappa shape index (κ3) is 2.80. The average Bonchev–Trinajstić information content (AvgIpc) is 2.87. The van der Waals surface area contributed by atoms with Gasteiger partial charge in [0, 0.05) is 13.1 Å². The topological polar surface area (TPSA) is 57.6 Å². The first-order chi connectivity index (χ1) is 10.2. The van der Waals surface area contributed by atoms with E-state index in [1.165, 1.54) is 11.1 Å². The fourth-order valence-electron chi connectivity index (χ4n) is 3.67. The van der Waals surface area contributed by atoms with Gasteiger partial charge in [-0.3, -0.25) is 9.59 Å². The Morgan fingerprint density at radius 1 is 1.05 bits per heavy atom. The highest BCUT2D eigenvalue weighted by molar-refractivity contribution is 5.85. The van der Waals surface area contributed by atoms with Gasteiger partial charge in [-0.05, 0) is 36.8 Å². The van der Waals surface area contributed by atoms with Crippen molar-refractivity contribution in [3.63, 3.8) is 0 Å². The van der Waals surface area contributed by atoms with Crippen molar-refractivity contribution in [2.75, 3.05) is 6.54 Å². The molecule has 1 heterocycles. The molecule has 2 aliphatic rings. The van der Waals surface area contributed by atoms with Crippen LogP contribution in [0.25, 0.3) is 0 Å². The number of hydrogen-bond acceptors (Lipinski definition) is 2. The zero-order valence-electron chi connectivity index (χ0n) is 12.1. The van der Waals surface area contributed by atoms with Crippen molar-refractivity contribution in [2.45, 2.75) is 38.6 Å². The molecule has 1 N–H and O–H groups in total. The summed E-state index contributed by atoms with van der Waals surface area (Å²) >= 11 is 0. The lowest BCUT2D eigenvalue weighted by molar-refractivity contribution is -0.149. The van der Waals surface area contributed by atoms with E-state index in [2.05, 4.69) is 12.1 Å². The standard InChI is InChI=1S/C17H21NO3/c19-16(14-8-3-9-15(14)17(20)21)18-10-4-7-12-5-1-2-6-13(12)11-18/h1-2,5-6,14-15H,3-4,7-11H2,(H,20,21). The molecule has 2 atom stereocenters. The van der Waals surface area contributed by atoms with E-state index >= 15 is 0 Å². The summed E-state index contributed by atoms with van der Waals surface area (Å²) in [6, 6.07) is 8.24. The van der Waals surface area contributed by atoms with Crippen LogP contribution >= 0.6 is 0 Å². The molecule has 0 saturated heterocycles. The van der Waals surface area contributed by atoms with Crippen LogP contribution in [0.4, 0.5) is 0 Å². The maximum atomic E-state index is 12.7. The van der Waals surface area contributed by atoms with E-state index in [4.69, 9.17) is 0 Å². The van der Waals surface area contributed by atoms with Crippen molar-refractivity contribution in [3.05, 3.63) is 35.4 Å². The molecule has 0 aromatic heterocycles. The summed E-state index contributed by atoms with van der Waals surface area (Å²) in [7, 11) is 0. The molecule has 1 fully saturated rings. The highest BCUT2D eigenvalue weighted by atomic mass is 16.4. The summed E-state index contributed by atoms with van der Waals surface area (Å²) < 4.78 is 0. The molecule has 0 spiro atoms. The van der Waals surface area contributed by atoms with Gasteiger partial charge >= 0.3 is 5.97 Å². The lowest BCUT2D eigenvalue weighted by atomic mass is 9.94. The number of rotatable bonds is 2. The molecule has 2 unspecified atom stereocenters. The van der Waals surface area contributed by atoms with Crippen LogP contribution in [0.2, 0.25) is 0 Å². The number of aliphatic carboxylic acids is 1. The minimum absolute atomic E-state index is 0.0385. The van der Waals surface area contributed by atoms with Crippen molar-refractivity contribution in [1.29, 1.82) is 0 Å².